The van der Waals surface area contributed by atoms with Crippen molar-refractivity contribution in [3.8, 4) is 0 Å². The van der Waals surface area contributed by atoms with Crippen molar-refractivity contribution in [2.24, 2.45) is 0 Å². The molecule has 2 atom stereocenters. The predicted octanol–water partition coefficient (Wildman–Crippen LogP) is 2.74. The molecular formula is C9H18O. The van der Waals surface area contributed by atoms with Crippen LogP contribution in [-0.2, 0) is 4.74 Å². The molecule has 0 N–H and O–H groups in total. The molecule has 0 aromatic rings. The Hall–Kier alpha value is -0.0400. The van der Waals surface area contributed by atoms with Crippen LogP contribution >= 0.6 is 0 Å². The van der Waals surface area contributed by atoms with Gasteiger partial charge in [0.05, 0.1) is 12.2 Å². The maximum Gasteiger partial charge on any atom is 0.0841 e. The van der Waals surface area contributed by atoms with Crippen molar-refractivity contribution in [3.63, 3.8) is 0 Å². The maximum atomic E-state index is 5.46. The normalized spacial score (nSPS) is 30.6. The molecule has 0 radical (unpaired) electrons. The van der Waals surface area contributed by atoms with Gasteiger partial charge in [0.2, 0.25) is 0 Å². The molecule has 0 bridgehead atoms. The summed E-state index contributed by atoms with van der Waals surface area (Å²) in [6, 6.07) is 0. The molecule has 1 heteroatoms. The van der Waals surface area contributed by atoms with Gasteiger partial charge in [-0.15, -0.1) is 0 Å². The monoisotopic (exact) mass is 142 g/mol. The largest absolute Gasteiger partial charge is 0.370 e. The van der Waals surface area contributed by atoms with Gasteiger partial charge in [-0.05, 0) is 12.8 Å². The van der Waals surface area contributed by atoms with Crippen molar-refractivity contribution in [1.29, 1.82) is 0 Å². The van der Waals surface area contributed by atoms with Gasteiger partial charge in [-0.3, -0.25) is 0 Å². The fraction of sp³-hybridized carbons (Fsp3) is 1.00. The molecule has 0 unspecified atom stereocenters. The second-order valence-corrected chi connectivity index (χ2v) is 3.14. The van der Waals surface area contributed by atoms with E-state index >= 15 is 0 Å². The van der Waals surface area contributed by atoms with E-state index in [0.29, 0.717) is 12.2 Å². The molecule has 1 saturated heterocycles. The van der Waals surface area contributed by atoms with Crippen molar-refractivity contribution in [3.05, 3.63) is 0 Å². The Balaban J connectivity index is 1.92. The molecule has 0 amide bonds. The number of epoxide rings is 1. The van der Waals surface area contributed by atoms with Gasteiger partial charge >= 0.3 is 0 Å². The highest BCUT2D eigenvalue weighted by Crippen LogP contribution is 2.30. The molecular weight excluding hydrogens is 124 g/mol. The number of hydrogen-bond donors (Lipinski definition) is 0. The zero-order valence-corrected chi connectivity index (χ0v) is 7.10. The molecule has 0 spiro atoms. The fourth-order valence-electron chi connectivity index (χ4n) is 1.38. The summed E-state index contributed by atoms with van der Waals surface area (Å²) in [6.07, 6.45) is 7.75. The van der Waals surface area contributed by atoms with E-state index in [1.54, 1.807) is 0 Å². The zero-order chi connectivity index (χ0) is 7.40. The lowest BCUT2D eigenvalue weighted by atomic mass is 10.1. The summed E-state index contributed by atoms with van der Waals surface area (Å²) in [7, 11) is 0. The molecule has 1 aliphatic heterocycles. The lowest BCUT2D eigenvalue weighted by Crippen LogP contribution is -1.92. The average Bonchev–Trinajstić information content (AvgIpc) is 2.65. The molecule has 0 aliphatic carbocycles. The highest BCUT2D eigenvalue weighted by Gasteiger charge is 2.36. The first-order valence-electron chi connectivity index (χ1n) is 4.54. The summed E-state index contributed by atoms with van der Waals surface area (Å²) in [5, 5.41) is 0. The average molecular weight is 142 g/mol. The number of ether oxygens (including phenoxy) is 1. The van der Waals surface area contributed by atoms with E-state index in [9.17, 15) is 0 Å². The van der Waals surface area contributed by atoms with Gasteiger partial charge in [-0.2, -0.15) is 0 Å². The Labute approximate surface area is 63.8 Å². The third-order valence-corrected chi connectivity index (χ3v) is 2.10. The summed E-state index contributed by atoms with van der Waals surface area (Å²) in [5.74, 6) is 0. The SMILES string of the molecule is CCCC[C@H]1O[C@@H]1CCC. The van der Waals surface area contributed by atoms with E-state index < -0.39 is 0 Å². The van der Waals surface area contributed by atoms with Crippen LogP contribution in [0.1, 0.15) is 46.0 Å². The summed E-state index contributed by atoms with van der Waals surface area (Å²) < 4.78 is 5.46. The van der Waals surface area contributed by atoms with Crippen molar-refractivity contribution in [1.82, 2.24) is 0 Å². The highest BCUT2D eigenvalue weighted by molar-refractivity contribution is 4.83. The molecule has 0 aromatic carbocycles. The molecule has 60 valence electrons. The van der Waals surface area contributed by atoms with Crippen molar-refractivity contribution >= 4 is 0 Å². The zero-order valence-electron chi connectivity index (χ0n) is 7.10. The topological polar surface area (TPSA) is 12.5 Å². The molecule has 1 fully saturated rings. The van der Waals surface area contributed by atoms with Crippen LogP contribution in [0, 0.1) is 0 Å². The molecule has 1 aliphatic rings. The van der Waals surface area contributed by atoms with Crippen molar-refractivity contribution in [2.75, 3.05) is 0 Å². The molecule has 1 heterocycles. The third-order valence-electron chi connectivity index (χ3n) is 2.10. The van der Waals surface area contributed by atoms with E-state index in [4.69, 9.17) is 4.74 Å². The Kier molecular flexibility index (Phi) is 3.20. The quantitative estimate of drug-likeness (QED) is 0.538. The summed E-state index contributed by atoms with van der Waals surface area (Å²) >= 11 is 0. The van der Waals surface area contributed by atoms with Crippen LogP contribution in [0.3, 0.4) is 0 Å². The van der Waals surface area contributed by atoms with Crippen molar-refractivity contribution in [2.45, 2.75) is 58.2 Å². The number of unbranched alkanes of at least 4 members (excludes halogenated alkanes) is 1. The van der Waals surface area contributed by atoms with E-state index in [-0.39, 0.29) is 0 Å². The molecule has 1 nitrogen and oxygen atoms in total. The van der Waals surface area contributed by atoms with Crippen molar-refractivity contribution < 1.29 is 4.74 Å². The highest BCUT2D eigenvalue weighted by atomic mass is 16.6. The number of rotatable bonds is 5. The third kappa shape index (κ3) is 2.30. The van der Waals surface area contributed by atoms with E-state index in [2.05, 4.69) is 13.8 Å². The van der Waals surface area contributed by atoms with Crippen LogP contribution in [0.4, 0.5) is 0 Å². The molecule has 10 heavy (non-hydrogen) atoms. The lowest BCUT2D eigenvalue weighted by molar-refractivity contribution is 0.352. The standard InChI is InChI=1S/C9H18O/c1-3-5-7-9-8(10-9)6-4-2/h8-9H,3-7H2,1-2H3/t8-,9-/m1/s1. The fourth-order valence-corrected chi connectivity index (χ4v) is 1.38. The Morgan fingerprint density at radius 2 is 1.70 bits per heavy atom. The summed E-state index contributed by atoms with van der Waals surface area (Å²) in [6.45, 7) is 4.45. The van der Waals surface area contributed by atoms with Gasteiger partial charge in [-0.25, -0.2) is 0 Å². The number of hydrogen-bond acceptors (Lipinski definition) is 1. The molecule has 1 rings (SSSR count). The minimum atomic E-state index is 0.636. The van der Waals surface area contributed by atoms with Gasteiger partial charge in [0.15, 0.2) is 0 Å². The first-order valence-corrected chi connectivity index (χ1v) is 4.54. The van der Waals surface area contributed by atoms with Gasteiger partial charge in [0, 0.05) is 0 Å². The second-order valence-electron chi connectivity index (χ2n) is 3.14. The van der Waals surface area contributed by atoms with Crippen LogP contribution in [0.2, 0.25) is 0 Å². The Morgan fingerprint density at radius 3 is 2.30 bits per heavy atom. The first-order chi connectivity index (χ1) is 4.88. The van der Waals surface area contributed by atoms with Crippen LogP contribution < -0.4 is 0 Å². The Bertz CT molecular complexity index is 90.7. The van der Waals surface area contributed by atoms with E-state index in [1.807, 2.05) is 0 Å². The van der Waals surface area contributed by atoms with Crippen LogP contribution in [0.5, 0.6) is 0 Å². The minimum Gasteiger partial charge on any atom is -0.370 e. The van der Waals surface area contributed by atoms with Crippen LogP contribution in [0.25, 0.3) is 0 Å². The molecule has 0 aromatic heterocycles. The van der Waals surface area contributed by atoms with E-state index in [0.717, 1.165) is 0 Å². The van der Waals surface area contributed by atoms with Gasteiger partial charge in [-0.1, -0.05) is 33.1 Å². The first kappa shape index (κ1) is 8.06. The smallest absolute Gasteiger partial charge is 0.0841 e. The van der Waals surface area contributed by atoms with Gasteiger partial charge in [0.1, 0.15) is 0 Å². The lowest BCUT2D eigenvalue weighted by Gasteiger charge is -1.90. The maximum absolute atomic E-state index is 5.46. The minimum absolute atomic E-state index is 0.636. The van der Waals surface area contributed by atoms with Crippen LogP contribution in [0.15, 0.2) is 0 Å². The second kappa shape index (κ2) is 3.97. The Morgan fingerprint density at radius 1 is 1.00 bits per heavy atom. The predicted molar refractivity (Wildman–Crippen MR) is 43.1 cm³/mol. The van der Waals surface area contributed by atoms with Crippen LogP contribution in [-0.4, -0.2) is 12.2 Å². The van der Waals surface area contributed by atoms with Gasteiger partial charge in [0.25, 0.3) is 0 Å². The summed E-state index contributed by atoms with van der Waals surface area (Å²) in [5.41, 5.74) is 0. The summed E-state index contributed by atoms with van der Waals surface area (Å²) in [4.78, 5) is 0. The molecule has 0 saturated carbocycles. The van der Waals surface area contributed by atoms with Gasteiger partial charge < -0.3 is 4.74 Å². The van der Waals surface area contributed by atoms with E-state index in [1.165, 1.54) is 32.1 Å².